The van der Waals surface area contributed by atoms with Gasteiger partial charge in [0.05, 0.1) is 0 Å². The minimum Gasteiger partial charge on any atom is -0.381 e. The third-order valence-electron chi connectivity index (χ3n) is 1.74. The van der Waals surface area contributed by atoms with Gasteiger partial charge in [0.25, 0.3) is 0 Å². The lowest BCUT2D eigenvalue weighted by molar-refractivity contribution is 0.198. The summed E-state index contributed by atoms with van der Waals surface area (Å²) in [6.45, 7) is 3.61. The third kappa shape index (κ3) is 9.88. The number of ether oxygens (including phenoxy) is 1. The highest BCUT2D eigenvalue weighted by Gasteiger charge is 1.94. The van der Waals surface area contributed by atoms with Crippen LogP contribution >= 0.6 is 0 Å². The lowest BCUT2D eigenvalue weighted by Crippen LogP contribution is -2.02. The number of unbranched alkanes of at least 4 members (excludes halogenated alkanes) is 2. The molecule has 1 aliphatic heterocycles. The molecule has 0 atom stereocenters. The molecular weight excluding hydrogens is 152 g/mol. The summed E-state index contributed by atoms with van der Waals surface area (Å²) in [6.07, 6.45) is 5.99. The Labute approximate surface area is 75.5 Å². The standard InChI is InChI=1S/C5H14N2.C4H8O/c6-4-2-1-3-5-7;1-2-4-5-3-1/h1-7H2;1-4H2. The molecule has 0 unspecified atom stereocenters. The molecule has 0 aromatic heterocycles. The third-order valence-corrected chi connectivity index (χ3v) is 1.74. The molecule has 12 heavy (non-hydrogen) atoms. The summed E-state index contributed by atoms with van der Waals surface area (Å²) in [5.41, 5.74) is 10.5. The Bertz CT molecular complexity index is 63.3. The Balaban J connectivity index is 0.000000211. The van der Waals surface area contributed by atoms with Crippen LogP contribution in [-0.4, -0.2) is 26.3 Å². The fourth-order valence-electron chi connectivity index (χ4n) is 0.976. The highest BCUT2D eigenvalue weighted by atomic mass is 16.5. The largest absolute Gasteiger partial charge is 0.381 e. The van der Waals surface area contributed by atoms with Crippen LogP contribution in [0, 0.1) is 0 Å². The molecule has 1 rings (SSSR count). The molecular formula is C9H22N2O. The van der Waals surface area contributed by atoms with Crippen LogP contribution in [0.3, 0.4) is 0 Å². The molecule has 74 valence electrons. The maximum Gasteiger partial charge on any atom is 0.0466 e. The highest BCUT2D eigenvalue weighted by molar-refractivity contribution is 4.43. The van der Waals surface area contributed by atoms with E-state index in [1.807, 2.05) is 0 Å². The van der Waals surface area contributed by atoms with E-state index in [-0.39, 0.29) is 0 Å². The van der Waals surface area contributed by atoms with Gasteiger partial charge < -0.3 is 16.2 Å². The van der Waals surface area contributed by atoms with Crippen LogP contribution in [0.2, 0.25) is 0 Å². The first kappa shape index (κ1) is 11.9. The summed E-state index contributed by atoms with van der Waals surface area (Å²) in [7, 11) is 0. The lowest BCUT2D eigenvalue weighted by atomic mass is 10.2. The van der Waals surface area contributed by atoms with Crippen molar-refractivity contribution in [1.29, 1.82) is 0 Å². The van der Waals surface area contributed by atoms with Crippen molar-refractivity contribution in [3.05, 3.63) is 0 Å². The van der Waals surface area contributed by atoms with Gasteiger partial charge in [0.15, 0.2) is 0 Å². The molecule has 0 bridgehead atoms. The van der Waals surface area contributed by atoms with Gasteiger partial charge >= 0.3 is 0 Å². The Hall–Kier alpha value is -0.120. The zero-order valence-electron chi connectivity index (χ0n) is 7.93. The van der Waals surface area contributed by atoms with Crippen molar-refractivity contribution in [2.45, 2.75) is 32.1 Å². The summed E-state index contributed by atoms with van der Waals surface area (Å²) >= 11 is 0. The minimum atomic E-state index is 0.806. The Morgan fingerprint density at radius 2 is 1.33 bits per heavy atom. The maximum atomic E-state index is 5.23. The average Bonchev–Trinajstić information content (AvgIpc) is 2.62. The van der Waals surface area contributed by atoms with E-state index in [0.29, 0.717) is 0 Å². The van der Waals surface area contributed by atoms with Gasteiger partial charge in [-0.25, -0.2) is 0 Å². The van der Waals surface area contributed by atoms with Crippen LogP contribution < -0.4 is 11.5 Å². The van der Waals surface area contributed by atoms with E-state index in [1.165, 1.54) is 19.3 Å². The molecule has 0 spiro atoms. The Kier molecular flexibility index (Phi) is 10.8. The van der Waals surface area contributed by atoms with E-state index in [2.05, 4.69) is 0 Å². The van der Waals surface area contributed by atoms with Gasteiger partial charge in [-0.2, -0.15) is 0 Å². The van der Waals surface area contributed by atoms with Gasteiger partial charge in [0, 0.05) is 13.2 Å². The van der Waals surface area contributed by atoms with E-state index in [4.69, 9.17) is 16.2 Å². The molecule has 0 aromatic carbocycles. The summed E-state index contributed by atoms with van der Waals surface area (Å²) in [6, 6.07) is 0. The second-order valence-corrected chi connectivity index (χ2v) is 2.96. The Morgan fingerprint density at radius 1 is 0.833 bits per heavy atom. The summed E-state index contributed by atoms with van der Waals surface area (Å²) in [5.74, 6) is 0. The van der Waals surface area contributed by atoms with E-state index in [1.54, 1.807) is 0 Å². The van der Waals surface area contributed by atoms with Gasteiger partial charge in [-0.3, -0.25) is 0 Å². The molecule has 3 nitrogen and oxygen atoms in total. The van der Waals surface area contributed by atoms with Crippen LogP contribution in [0.15, 0.2) is 0 Å². The topological polar surface area (TPSA) is 61.3 Å². The normalized spacial score (nSPS) is 15.5. The molecule has 4 N–H and O–H groups in total. The average molecular weight is 174 g/mol. The van der Waals surface area contributed by atoms with Crippen molar-refractivity contribution < 1.29 is 4.74 Å². The van der Waals surface area contributed by atoms with Gasteiger partial charge in [-0.1, -0.05) is 6.42 Å². The summed E-state index contributed by atoms with van der Waals surface area (Å²) in [4.78, 5) is 0. The number of rotatable bonds is 4. The predicted octanol–water partition coefficient (Wildman–Crippen LogP) is 0.871. The first-order chi connectivity index (χ1) is 5.91. The SMILES string of the molecule is C1CCOC1.NCCCCCN. The Morgan fingerprint density at radius 3 is 1.58 bits per heavy atom. The first-order valence-corrected chi connectivity index (χ1v) is 4.89. The molecule has 1 fully saturated rings. The molecule has 0 aliphatic carbocycles. The zero-order valence-corrected chi connectivity index (χ0v) is 7.93. The van der Waals surface area contributed by atoms with Crippen LogP contribution in [0.5, 0.6) is 0 Å². The van der Waals surface area contributed by atoms with E-state index >= 15 is 0 Å². The molecule has 0 amide bonds. The quantitative estimate of drug-likeness (QED) is 0.622. The summed E-state index contributed by atoms with van der Waals surface area (Å²) in [5, 5.41) is 0. The molecule has 0 saturated carbocycles. The second kappa shape index (κ2) is 10.9. The van der Waals surface area contributed by atoms with Crippen LogP contribution in [-0.2, 0) is 4.74 Å². The van der Waals surface area contributed by atoms with Crippen molar-refractivity contribution >= 4 is 0 Å². The van der Waals surface area contributed by atoms with E-state index in [0.717, 1.165) is 39.1 Å². The maximum absolute atomic E-state index is 5.23. The molecule has 0 radical (unpaired) electrons. The fourth-order valence-corrected chi connectivity index (χ4v) is 0.976. The van der Waals surface area contributed by atoms with Crippen molar-refractivity contribution in [3.63, 3.8) is 0 Å². The van der Waals surface area contributed by atoms with Crippen LogP contribution in [0.1, 0.15) is 32.1 Å². The number of nitrogens with two attached hydrogens (primary N) is 2. The zero-order chi connectivity index (χ0) is 9.07. The lowest BCUT2D eigenvalue weighted by Gasteiger charge is -1.91. The molecule has 1 heterocycles. The first-order valence-electron chi connectivity index (χ1n) is 4.89. The van der Waals surface area contributed by atoms with Crippen molar-refractivity contribution in [2.75, 3.05) is 26.3 Å². The molecule has 1 aliphatic rings. The van der Waals surface area contributed by atoms with Crippen LogP contribution in [0.25, 0.3) is 0 Å². The van der Waals surface area contributed by atoms with E-state index in [9.17, 15) is 0 Å². The smallest absolute Gasteiger partial charge is 0.0466 e. The highest BCUT2D eigenvalue weighted by Crippen LogP contribution is 1.98. The van der Waals surface area contributed by atoms with E-state index < -0.39 is 0 Å². The van der Waals surface area contributed by atoms with Gasteiger partial charge in [0.1, 0.15) is 0 Å². The fraction of sp³-hybridized carbons (Fsp3) is 1.00. The molecule has 3 heteroatoms. The monoisotopic (exact) mass is 174 g/mol. The van der Waals surface area contributed by atoms with Gasteiger partial charge in [0.2, 0.25) is 0 Å². The molecule has 0 aromatic rings. The van der Waals surface area contributed by atoms with Gasteiger partial charge in [-0.15, -0.1) is 0 Å². The number of hydrogen-bond acceptors (Lipinski definition) is 3. The minimum absolute atomic E-state index is 0.806. The van der Waals surface area contributed by atoms with Crippen LogP contribution in [0.4, 0.5) is 0 Å². The number of hydrogen-bond donors (Lipinski definition) is 2. The molecule has 1 saturated heterocycles. The van der Waals surface area contributed by atoms with Gasteiger partial charge in [-0.05, 0) is 38.8 Å². The second-order valence-electron chi connectivity index (χ2n) is 2.96. The summed E-state index contributed by atoms with van der Waals surface area (Å²) < 4.78 is 4.94. The van der Waals surface area contributed by atoms with Crippen molar-refractivity contribution in [2.24, 2.45) is 11.5 Å². The predicted molar refractivity (Wildman–Crippen MR) is 52.0 cm³/mol. The van der Waals surface area contributed by atoms with Crippen molar-refractivity contribution in [3.8, 4) is 0 Å². The van der Waals surface area contributed by atoms with Crippen molar-refractivity contribution in [1.82, 2.24) is 0 Å².